The summed E-state index contributed by atoms with van der Waals surface area (Å²) in [5.74, 6) is -0.328. The molecule has 0 saturated heterocycles. The second-order valence-corrected chi connectivity index (χ2v) is 3.26. The van der Waals surface area contributed by atoms with Crippen LogP contribution < -0.4 is 0 Å². The van der Waals surface area contributed by atoms with E-state index in [0.717, 1.165) is 19.4 Å². The molecule has 0 bridgehead atoms. The first-order chi connectivity index (χ1) is 6.10. The van der Waals surface area contributed by atoms with Crippen LogP contribution in [0.3, 0.4) is 0 Å². The lowest BCUT2D eigenvalue weighted by molar-refractivity contribution is -0.143. The quantitative estimate of drug-likeness (QED) is 0.463. The second-order valence-electron chi connectivity index (χ2n) is 3.26. The summed E-state index contributed by atoms with van der Waals surface area (Å²) in [5, 5.41) is 0. The van der Waals surface area contributed by atoms with E-state index in [0.29, 0.717) is 0 Å². The normalized spacial score (nSPS) is 12.6. The Morgan fingerprint density at radius 3 is 2.62 bits per heavy atom. The summed E-state index contributed by atoms with van der Waals surface area (Å²) >= 11 is 0. The van der Waals surface area contributed by atoms with Crippen molar-refractivity contribution in [1.82, 2.24) is 4.90 Å². The molecular formula is C10H19NO2. The van der Waals surface area contributed by atoms with Crippen molar-refractivity contribution in [2.75, 3.05) is 20.6 Å². The predicted molar refractivity (Wildman–Crippen MR) is 53.5 cm³/mol. The van der Waals surface area contributed by atoms with Gasteiger partial charge in [-0.05, 0) is 26.9 Å². The van der Waals surface area contributed by atoms with Gasteiger partial charge < -0.3 is 9.64 Å². The third kappa shape index (κ3) is 6.34. The lowest BCUT2D eigenvalue weighted by atomic mass is 10.2. The van der Waals surface area contributed by atoms with Crippen molar-refractivity contribution in [3.63, 3.8) is 0 Å². The first-order valence-electron chi connectivity index (χ1n) is 4.58. The highest BCUT2D eigenvalue weighted by Crippen LogP contribution is 2.04. The highest BCUT2D eigenvalue weighted by molar-refractivity contribution is 5.81. The summed E-state index contributed by atoms with van der Waals surface area (Å²) in [6.07, 6.45) is 2.96. The zero-order valence-corrected chi connectivity index (χ0v) is 8.75. The van der Waals surface area contributed by atoms with Crippen molar-refractivity contribution >= 4 is 5.97 Å². The van der Waals surface area contributed by atoms with Gasteiger partial charge in [0.05, 0.1) is 0 Å². The van der Waals surface area contributed by atoms with Gasteiger partial charge in [-0.15, -0.1) is 0 Å². The molecular weight excluding hydrogens is 166 g/mol. The lowest BCUT2D eigenvalue weighted by Gasteiger charge is -2.17. The summed E-state index contributed by atoms with van der Waals surface area (Å²) in [6, 6.07) is 0. The van der Waals surface area contributed by atoms with Crippen molar-refractivity contribution in [1.29, 1.82) is 0 Å². The molecule has 0 amide bonds. The maximum Gasteiger partial charge on any atom is 0.330 e. The monoisotopic (exact) mass is 185 g/mol. The Hall–Kier alpha value is -0.830. The van der Waals surface area contributed by atoms with E-state index in [-0.39, 0.29) is 12.1 Å². The summed E-state index contributed by atoms with van der Waals surface area (Å²) in [6.45, 7) is 6.30. The summed E-state index contributed by atoms with van der Waals surface area (Å²) in [5.41, 5.74) is 0. The summed E-state index contributed by atoms with van der Waals surface area (Å²) in [7, 11) is 4.00. The van der Waals surface area contributed by atoms with Gasteiger partial charge in [0.15, 0.2) is 0 Å². The molecule has 1 unspecified atom stereocenters. The molecule has 0 aromatic carbocycles. The molecule has 1 atom stereocenters. The largest absolute Gasteiger partial charge is 0.459 e. The number of ether oxygens (including phenoxy) is 1. The van der Waals surface area contributed by atoms with E-state index in [4.69, 9.17) is 4.74 Å². The molecule has 0 fully saturated rings. The van der Waals surface area contributed by atoms with Crippen LogP contribution >= 0.6 is 0 Å². The molecule has 0 aromatic heterocycles. The van der Waals surface area contributed by atoms with Gasteiger partial charge in [-0.2, -0.15) is 0 Å². The van der Waals surface area contributed by atoms with Crippen LogP contribution in [0.15, 0.2) is 12.7 Å². The first kappa shape index (κ1) is 12.2. The Balaban J connectivity index is 3.75. The van der Waals surface area contributed by atoms with E-state index in [2.05, 4.69) is 11.5 Å². The third-order valence-corrected chi connectivity index (χ3v) is 1.80. The van der Waals surface area contributed by atoms with Crippen molar-refractivity contribution in [2.45, 2.75) is 25.9 Å². The number of rotatable bonds is 6. The molecule has 0 N–H and O–H groups in total. The second kappa shape index (κ2) is 6.66. The van der Waals surface area contributed by atoms with Gasteiger partial charge >= 0.3 is 5.97 Å². The molecule has 13 heavy (non-hydrogen) atoms. The first-order valence-corrected chi connectivity index (χ1v) is 4.58. The third-order valence-electron chi connectivity index (χ3n) is 1.80. The number of esters is 1. The minimum absolute atomic E-state index is 0.0212. The maximum absolute atomic E-state index is 10.9. The van der Waals surface area contributed by atoms with Crippen LogP contribution in [-0.2, 0) is 9.53 Å². The molecule has 0 saturated carbocycles. The molecule has 0 aliphatic heterocycles. The highest BCUT2D eigenvalue weighted by atomic mass is 16.5. The SMILES string of the molecule is C=CC(=O)OC(CC)CCN(C)C. The Morgan fingerprint density at radius 2 is 2.23 bits per heavy atom. The lowest BCUT2D eigenvalue weighted by Crippen LogP contribution is -2.22. The fourth-order valence-corrected chi connectivity index (χ4v) is 0.961. The van der Waals surface area contributed by atoms with Crippen LogP contribution in [0, 0.1) is 0 Å². The Kier molecular flexibility index (Phi) is 6.24. The van der Waals surface area contributed by atoms with Crippen molar-refractivity contribution in [2.24, 2.45) is 0 Å². The standard InChI is InChI=1S/C10H19NO2/c1-5-9(7-8-11(3)4)13-10(12)6-2/h6,9H,2,5,7-8H2,1,3-4H3. The van der Waals surface area contributed by atoms with Crippen LogP contribution in [0.2, 0.25) is 0 Å². The fraction of sp³-hybridized carbons (Fsp3) is 0.700. The van der Waals surface area contributed by atoms with E-state index in [1.54, 1.807) is 0 Å². The van der Waals surface area contributed by atoms with Gasteiger partial charge in [0.2, 0.25) is 0 Å². The smallest absolute Gasteiger partial charge is 0.330 e. The van der Waals surface area contributed by atoms with E-state index in [1.165, 1.54) is 6.08 Å². The molecule has 3 heteroatoms. The summed E-state index contributed by atoms with van der Waals surface area (Å²) in [4.78, 5) is 12.9. The van der Waals surface area contributed by atoms with E-state index in [1.807, 2.05) is 21.0 Å². The molecule has 0 aliphatic carbocycles. The average Bonchev–Trinajstić information content (AvgIpc) is 2.11. The fourth-order valence-electron chi connectivity index (χ4n) is 0.961. The topological polar surface area (TPSA) is 29.5 Å². The van der Waals surface area contributed by atoms with E-state index >= 15 is 0 Å². The number of hydrogen-bond acceptors (Lipinski definition) is 3. The molecule has 0 rings (SSSR count). The maximum atomic E-state index is 10.9. The van der Waals surface area contributed by atoms with Gasteiger partial charge in [-0.1, -0.05) is 13.5 Å². The molecule has 0 spiro atoms. The van der Waals surface area contributed by atoms with Crippen LogP contribution in [0.5, 0.6) is 0 Å². The van der Waals surface area contributed by atoms with Crippen LogP contribution in [0.4, 0.5) is 0 Å². The Morgan fingerprint density at radius 1 is 1.62 bits per heavy atom. The number of carbonyl (C=O) groups is 1. The van der Waals surface area contributed by atoms with Crippen molar-refractivity contribution < 1.29 is 9.53 Å². The van der Waals surface area contributed by atoms with Gasteiger partial charge in [0.1, 0.15) is 6.10 Å². The predicted octanol–water partition coefficient (Wildman–Crippen LogP) is 1.45. The Bertz CT molecular complexity index is 166. The zero-order valence-electron chi connectivity index (χ0n) is 8.75. The molecule has 0 aromatic rings. The van der Waals surface area contributed by atoms with Crippen LogP contribution in [-0.4, -0.2) is 37.6 Å². The van der Waals surface area contributed by atoms with Gasteiger partial charge in [0.25, 0.3) is 0 Å². The van der Waals surface area contributed by atoms with Gasteiger partial charge in [-0.3, -0.25) is 0 Å². The highest BCUT2D eigenvalue weighted by Gasteiger charge is 2.09. The number of carbonyl (C=O) groups excluding carboxylic acids is 1. The van der Waals surface area contributed by atoms with Crippen molar-refractivity contribution in [3.05, 3.63) is 12.7 Å². The number of hydrogen-bond donors (Lipinski definition) is 0. The minimum atomic E-state index is -0.328. The van der Waals surface area contributed by atoms with Crippen LogP contribution in [0.25, 0.3) is 0 Å². The van der Waals surface area contributed by atoms with Crippen molar-refractivity contribution in [3.8, 4) is 0 Å². The molecule has 3 nitrogen and oxygen atoms in total. The summed E-state index contributed by atoms with van der Waals surface area (Å²) < 4.78 is 5.12. The van der Waals surface area contributed by atoms with E-state index < -0.39 is 0 Å². The Labute approximate surface area is 80.4 Å². The van der Waals surface area contributed by atoms with Gasteiger partial charge in [0, 0.05) is 12.6 Å². The van der Waals surface area contributed by atoms with E-state index in [9.17, 15) is 4.79 Å². The number of nitrogens with zero attached hydrogens (tertiary/aromatic N) is 1. The zero-order chi connectivity index (χ0) is 10.3. The molecule has 0 aliphatic rings. The van der Waals surface area contributed by atoms with Crippen LogP contribution in [0.1, 0.15) is 19.8 Å². The minimum Gasteiger partial charge on any atom is -0.459 e. The molecule has 0 heterocycles. The molecule has 76 valence electrons. The van der Waals surface area contributed by atoms with Gasteiger partial charge in [-0.25, -0.2) is 4.79 Å². The molecule has 0 radical (unpaired) electrons. The average molecular weight is 185 g/mol.